The fourth-order valence-corrected chi connectivity index (χ4v) is 6.37. The smallest absolute Gasteiger partial charge is 0.262 e. The van der Waals surface area contributed by atoms with Gasteiger partial charge in [-0.3, -0.25) is 29.1 Å². The second kappa shape index (κ2) is 10.4. The molecule has 1 aromatic heterocycles. The molecular formula is C32H27ClN4O4. The van der Waals surface area contributed by atoms with Gasteiger partial charge in [0.25, 0.3) is 11.8 Å². The molecule has 9 heteroatoms. The summed E-state index contributed by atoms with van der Waals surface area (Å²) in [4.78, 5) is 63.4. The van der Waals surface area contributed by atoms with Gasteiger partial charge in [0.05, 0.1) is 46.2 Å². The van der Waals surface area contributed by atoms with E-state index in [2.05, 4.69) is 0 Å². The summed E-state index contributed by atoms with van der Waals surface area (Å²) in [5.41, 5.74) is 3.44. The van der Waals surface area contributed by atoms with Crippen molar-refractivity contribution in [2.75, 3.05) is 16.3 Å². The highest BCUT2D eigenvalue weighted by atomic mass is 35.5. The molecule has 2 atom stereocenters. The van der Waals surface area contributed by atoms with Gasteiger partial charge in [0.15, 0.2) is 0 Å². The van der Waals surface area contributed by atoms with Crippen molar-refractivity contribution in [2.45, 2.75) is 31.8 Å². The Hall–Kier alpha value is -4.56. The molecule has 2 aliphatic heterocycles. The van der Waals surface area contributed by atoms with Gasteiger partial charge >= 0.3 is 0 Å². The maximum absolute atomic E-state index is 14.1. The molecule has 41 heavy (non-hydrogen) atoms. The Bertz CT molecular complexity index is 1690. The molecule has 1 aliphatic carbocycles. The molecule has 4 amide bonds. The third kappa shape index (κ3) is 4.35. The van der Waals surface area contributed by atoms with E-state index in [4.69, 9.17) is 4.98 Å². The molecule has 0 saturated heterocycles. The van der Waals surface area contributed by atoms with E-state index in [9.17, 15) is 19.2 Å². The van der Waals surface area contributed by atoms with Crippen LogP contribution >= 0.6 is 12.4 Å². The quantitative estimate of drug-likeness (QED) is 0.324. The van der Waals surface area contributed by atoms with E-state index in [0.717, 1.165) is 27.9 Å². The lowest BCUT2D eigenvalue weighted by Gasteiger charge is -2.31. The highest BCUT2D eigenvalue weighted by Crippen LogP contribution is 2.43. The van der Waals surface area contributed by atoms with Crippen LogP contribution in [0.2, 0.25) is 0 Å². The number of amides is 4. The van der Waals surface area contributed by atoms with Gasteiger partial charge in [0.1, 0.15) is 6.54 Å². The number of aromatic nitrogens is 1. The number of carbonyl (C=O) groups excluding carboxylic acids is 4. The molecule has 0 spiro atoms. The summed E-state index contributed by atoms with van der Waals surface area (Å²) in [5, 5.41) is 1.02. The fraction of sp³-hybridized carbons (Fsp3) is 0.219. The Morgan fingerprint density at radius 1 is 0.756 bits per heavy atom. The van der Waals surface area contributed by atoms with Gasteiger partial charge in [0.2, 0.25) is 11.8 Å². The first-order valence-electron chi connectivity index (χ1n) is 13.5. The highest BCUT2D eigenvalue weighted by molar-refractivity contribution is 6.23. The van der Waals surface area contributed by atoms with E-state index in [0.29, 0.717) is 35.3 Å². The first-order chi connectivity index (χ1) is 19.5. The van der Waals surface area contributed by atoms with E-state index in [1.54, 1.807) is 34.1 Å². The average Bonchev–Trinajstić information content (AvgIpc) is 3.53. The number of pyridine rings is 1. The van der Waals surface area contributed by atoms with E-state index < -0.39 is 11.8 Å². The van der Waals surface area contributed by atoms with Crippen LogP contribution in [0.3, 0.4) is 0 Å². The molecule has 4 aromatic rings. The molecule has 3 heterocycles. The molecule has 1 saturated carbocycles. The molecule has 0 unspecified atom stereocenters. The molecule has 1 fully saturated rings. The van der Waals surface area contributed by atoms with Crippen LogP contribution in [0.5, 0.6) is 0 Å². The number of benzene rings is 3. The summed E-state index contributed by atoms with van der Waals surface area (Å²) in [5.74, 6) is -1.75. The summed E-state index contributed by atoms with van der Waals surface area (Å²) in [6, 6.07) is 25.4. The van der Waals surface area contributed by atoms with Crippen molar-refractivity contribution < 1.29 is 19.2 Å². The van der Waals surface area contributed by atoms with Crippen LogP contribution in [0.1, 0.15) is 45.7 Å². The van der Waals surface area contributed by atoms with Crippen LogP contribution in [-0.4, -0.2) is 46.1 Å². The molecule has 0 radical (unpaired) electrons. The summed E-state index contributed by atoms with van der Waals surface area (Å²) < 4.78 is 0. The van der Waals surface area contributed by atoms with Crippen molar-refractivity contribution in [2.24, 2.45) is 5.92 Å². The van der Waals surface area contributed by atoms with Crippen LogP contribution in [0.25, 0.3) is 10.9 Å². The molecule has 8 nitrogen and oxygen atoms in total. The van der Waals surface area contributed by atoms with Crippen molar-refractivity contribution >= 4 is 58.3 Å². The Morgan fingerprint density at radius 3 is 2.17 bits per heavy atom. The zero-order valence-corrected chi connectivity index (χ0v) is 22.9. The van der Waals surface area contributed by atoms with Gasteiger partial charge in [-0.2, -0.15) is 0 Å². The minimum Gasteiger partial charge on any atom is -0.305 e. The molecule has 7 rings (SSSR count). The Morgan fingerprint density at radius 2 is 1.41 bits per heavy atom. The van der Waals surface area contributed by atoms with Crippen LogP contribution < -0.4 is 9.80 Å². The van der Waals surface area contributed by atoms with Gasteiger partial charge in [0, 0.05) is 11.4 Å². The molecule has 3 aromatic carbocycles. The van der Waals surface area contributed by atoms with Crippen molar-refractivity contribution in [1.29, 1.82) is 0 Å². The maximum Gasteiger partial charge on any atom is 0.262 e. The number of anilines is 2. The number of nitrogens with zero attached hydrogens (tertiary/aromatic N) is 4. The largest absolute Gasteiger partial charge is 0.305 e. The van der Waals surface area contributed by atoms with E-state index in [-0.39, 0.29) is 49.3 Å². The van der Waals surface area contributed by atoms with Crippen molar-refractivity contribution in [3.05, 3.63) is 102 Å². The lowest BCUT2D eigenvalue weighted by molar-refractivity contribution is -0.123. The normalized spacial score (nSPS) is 19.5. The predicted octanol–water partition coefficient (Wildman–Crippen LogP) is 5.00. The van der Waals surface area contributed by atoms with Crippen LogP contribution in [-0.2, 0) is 16.1 Å². The van der Waals surface area contributed by atoms with Crippen molar-refractivity contribution in [3.8, 4) is 0 Å². The van der Waals surface area contributed by atoms with Crippen LogP contribution in [0.15, 0.2) is 84.9 Å². The third-order valence-electron chi connectivity index (χ3n) is 8.24. The summed E-state index contributed by atoms with van der Waals surface area (Å²) in [6.45, 7) is -0.116. The predicted molar refractivity (Wildman–Crippen MR) is 157 cm³/mol. The SMILES string of the molecule is Cl.O=C1c2ccccc2C(=O)N1CC(=O)N1c2ccccc2N(Cc2ccc3ccccc3n2)C(=O)[C@H]2CCC[C@H]21. The topological polar surface area (TPSA) is 90.9 Å². The summed E-state index contributed by atoms with van der Waals surface area (Å²) in [6.07, 6.45) is 2.14. The molecule has 3 aliphatic rings. The van der Waals surface area contributed by atoms with Gasteiger partial charge in [-0.1, -0.05) is 55.0 Å². The van der Waals surface area contributed by atoms with Crippen molar-refractivity contribution in [1.82, 2.24) is 9.88 Å². The highest BCUT2D eigenvalue weighted by Gasteiger charge is 2.47. The Kier molecular flexibility index (Phi) is 6.79. The third-order valence-corrected chi connectivity index (χ3v) is 8.24. The second-order valence-corrected chi connectivity index (χ2v) is 10.5. The molecular weight excluding hydrogens is 540 g/mol. The van der Waals surface area contributed by atoms with Gasteiger partial charge in [-0.05, 0) is 49.2 Å². The van der Waals surface area contributed by atoms with Gasteiger partial charge < -0.3 is 9.80 Å². The Balaban J connectivity index is 0.00000302. The standard InChI is InChI=1S/C32H26N4O4.ClH/c37-29(19-35-30(38)22-9-2-3-10-23(22)31(35)39)36-26-15-7-11-24(26)32(40)34(27-13-5-6-14-28(27)36)18-21-17-16-20-8-1-4-12-25(20)33-21;/h1-6,8-10,12-14,16-17,24,26H,7,11,15,18-19H2;1H/t24-,26+;/m0./s1. The molecule has 0 N–H and O–H groups in total. The number of rotatable bonds is 4. The zero-order valence-electron chi connectivity index (χ0n) is 22.1. The van der Waals surface area contributed by atoms with Crippen LogP contribution in [0.4, 0.5) is 11.4 Å². The Labute approximate surface area is 243 Å². The summed E-state index contributed by atoms with van der Waals surface area (Å²) in [7, 11) is 0. The minimum atomic E-state index is -0.472. The zero-order chi connectivity index (χ0) is 27.4. The van der Waals surface area contributed by atoms with Crippen LogP contribution in [0, 0.1) is 5.92 Å². The lowest BCUT2D eigenvalue weighted by Crippen LogP contribution is -2.49. The van der Waals surface area contributed by atoms with Gasteiger partial charge in [-0.25, -0.2) is 0 Å². The number of para-hydroxylation sites is 3. The fourth-order valence-electron chi connectivity index (χ4n) is 6.37. The summed E-state index contributed by atoms with van der Waals surface area (Å²) >= 11 is 0. The van der Waals surface area contributed by atoms with Crippen molar-refractivity contribution in [3.63, 3.8) is 0 Å². The first-order valence-corrected chi connectivity index (χ1v) is 13.5. The monoisotopic (exact) mass is 566 g/mol. The molecule has 206 valence electrons. The van der Waals surface area contributed by atoms with Gasteiger partial charge in [-0.15, -0.1) is 12.4 Å². The average molecular weight is 567 g/mol. The number of imide groups is 1. The lowest BCUT2D eigenvalue weighted by atomic mass is 10.0. The number of hydrogen-bond acceptors (Lipinski definition) is 5. The molecule has 0 bridgehead atoms. The number of halogens is 1. The van der Waals surface area contributed by atoms with E-state index in [1.807, 2.05) is 60.7 Å². The minimum absolute atomic E-state index is 0. The second-order valence-electron chi connectivity index (χ2n) is 10.5. The first kappa shape index (κ1) is 26.7. The maximum atomic E-state index is 14.1. The number of hydrogen-bond donors (Lipinski definition) is 0. The number of fused-ring (bicyclic) bond motifs is 4. The van der Waals surface area contributed by atoms with E-state index in [1.165, 1.54) is 0 Å². The van der Waals surface area contributed by atoms with E-state index >= 15 is 0 Å². The number of carbonyl (C=O) groups is 4.